The van der Waals surface area contributed by atoms with Gasteiger partial charge in [-0.25, -0.2) is 0 Å². The molecule has 0 saturated carbocycles. The minimum atomic E-state index is -0.231. The fourth-order valence-electron chi connectivity index (χ4n) is 0.302. The zero-order chi connectivity index (χ0) is 5.70. The molecule has 1 unspecified atom stereocenters. The second-order valence-electron chi connectivity index (χ2n) is 1.30. The molecule has 7 heavy (non-hydrogen) atoms. The highest BCUT2D eigenvalue weighted by Gasteiger charge is 1.91. The highest BCUT2D eigenvalue weighted by atomic mass is 16.6. The van der Waals surface area contributed by atoms with Crippen LogP contribution >= 0.6 is 0 Å². The van der Waals surface area contributed by atoms with Gasteiger partial charge < -0.3 is 15.4 Å². The van der Waals surface area contributed by atoms with Gasteiger partial charge in [-0.15, -0.1) is 0 Å². The van der Waals surface area contributed by atoms with Crippen molar-refractivity contribution in [1.29, 1.82) is 0 Å². The van der Waals surface area contributed by atoms with Crippen LogP contribution in [0.2, 0.25) is 0 Å². The topological polar surface area (TPSA) is 48.9 Å². The van der Waals surface area contributed by atoms with E-state index in [1.807, 2.05) is 6.92 Å². The number of nitrogens with two attached hydrogens (primary N) is 1. The summed E-state index contributed by atoms with van der Waals surface area (Å²) in [4.78, 5) is 0. The molecule has 0 aromatic carbocycles. The van der Waals surface area contributed by atoms with E-state index in [1.54, 1.807) is 6.92 Å². The van der Waals surface area contributed by atoms with Crippen LogP contribution < -0.4 is 5.48 Å². The molecule has 1 atom stereocenters. The molecule has 0 aromatic heterocycles. The molecule has 0 aliphatic heterocycles. The molecule has 0 fully saturated rings. The minimum Gasteiger partial charge on any atom is -0.634 e. The smallest absolute Gasteiger partial charge is 0.186 e. The van der Waals surface area contributed by atoms with Gasteiger partial charge in [0.25, 0.3) is 0 Å². The average Bonchev–Trinajstić information content (AvgIpc) is 1.68. The Morgan fingerprint density at radius 1 is 1.86 bits per heavy atom. The highest BCUT2D eigenvalue weighted by molar-refractivity contribution is 4.19. The van der Waals surface area contributed by atoms with Crippen LogP contribution in [0.4, 0.5) is 0 Å². The van der Waals surface area contributed by atoms with Gasteiger partial charge in [0.05, 0.1) is 6.61 Å². The summed E-state index contributed by atoms with van der Waals surface area (Å²) in [5.41, 5.74) is 0.781. The van der Waals surface area contributed by atoms with Gasteiger partial charge in [0, 0.05) is 6.92 Å². The van der Waals surface area contributed by atoms with Gasteiger partial charge in [-0.2, -0.15) is 0 Å². The van der Waals surface area contributed by atoms with Crippen LogP contribution in [0.15, 0.2) is 0 Å². The fourth-order valence-corrected chi connectivity index (χ4v) is 0.302. The summed E-state index contributed by atoms with van der Waals surface area (Å²) in [6, 6.07) is 0. The third-order valence-electron chi connectivity index (χ3n) is 0.621. The van der Waals surface area contributed by atoms with Crippen molar-refractivity contribution in [2.45, 2.75) is 20.1 Å². The second-order valence-corrected chi connectivity index (χ2v) is 1.30. The van der Waals surface area contributed by atoms with Crippen molar-refractivity contribution in [3.63, 3.8) is 0 Å². The van der Waals surface area contributed by atoms with E-state index >= 15 is 0 Å². The molecule has 0 saturated heterocycles. The van der Waals surface area contributed by atoms with Crippen LogP contribution in [0.5, 0.6) is 0 Å². The van der Waals surface area contributed by atoms with Crippen LogP contribution in [0.25, 0.3) is 0 Å². The summed E-state index contributed by atoms with van der Waals surface area (Å²) >= 11 is 0. The van der Waals surface area contributed by atoms with E-state index in [-0.39, 0.29) is 6.23 Å². The molecule has 3 heteroatoms. The monoisotopic (exact) mass is 105 g/mol. The summed E-state index contributed by atoms with van der Waals surface area (Å²) in [6.07, 6.45) is -0.231. The molecule has 0 rings (SSSR count). The lowest BCUT2D eigenvalue weighted by atomic mass is 10.7. The first-order valence-corrected chi connectivity index (χ1v) is 2.38. The Morgan fingerprint density at radius 3 is 2.57 bits per heavy atom. The predicted molar refractivity (Wildman–Crippen MR) is 26.4 cm³/mol. The zero-order valence-electron chi connectivity index (χ0n) is 4.68. The van der Waals surface area contributed by atoms with Crippen molar-refractivity contribution in [1.82, 2.24) is 0 Å². The standard InChI is InChI=1S/C4H11NO2/c1-3-7-4(2)5-6/h4H,3,5H2,1-2H3. The van der Waals surface area contributed by atoms with E-state index in [4.69, 9.17) is 4.74 Å². The molecule has 0 aliphatic rings. The van der Waals surface area contributed by atoms with Crippen LogP contribution in [0, 0.1) is 5.21 Å². The van der Waals surface area contributed by atoms with Gasteiger partial charge in [-0.3, -0.25) is 0 Å². The number of rotatable bonds is 3. The van der Waals surface area contributed by atoms with Crippen LogP contribution in [0.1, 0.15) is 13.8 Å². The van der Waals surface area contributed by atoms with Crippen molar-refractivity contribution in [3.8, 4) is 0 Å². The van der Waals surface area contributed by atoms with Crippen molar-refractivity contribution >= 4 is 0 Å². The van der Waals surface area contributed by atoms with Gasteiger partial charge in [0.1, 0.15) is 0 Å². The Balaban J connectivity index is 2.83. The minimum absolute atomic E-state index is 0.231. The van der Waals surface area contributed by atoms with E-state index in [9.17, 15) is 5.21 Å². The Morgan fingerprint density at radius 2 is 2.43 bits per heavy atom. The van der Waals surface area contributed by atoms with Crippen molar-refractivity contribution in [2.24, 2.45) is 0 Å². The molecular formula is C4H11NO2. The largest absolute Gasteiger partial charge is 0.634 e. The van der Waals surface area contributed by atoms with Crippen molar-refractivity contribution < 1.29 is 10.2 Å². The summed E-state index contributed by atoms with van der Waals surface area (Å²) in [6.45, 7) is 4.19. The SMILES string of the molecule is CCOC(C)[NH2+][O-]. The predicted octanol–water partition coefficient (Wildman–Crippen LogP) is -0.570. The molecule has 44 valence electrons. The Hall–Kier alpha value is -0.120. The molecule has 0 heterocycles. The third-order valence-corrected chi connectivity index (χ3v) is 0.621. The van der Waals surface area contributed by atoms with Crippen LogP contribution in [0.3, 0.4) is 0 Å². The van der Waals surface area contributed by atoms with Crippen LogP contribution in [-0.2, 0) is 4.74 Å². The summed E-state index contributed by atoms with van der Waals surface area (Å²) in [7, 11) is 0. The molecule has 0 amide bonds. The van der Waals surface area contributed by atoms with E-state index in [1.165, 1.54) is 0 Å². The maximum absolute atomic E-state index is 9.77. The van der Waals surface area contributed by atoms with E-state index < -0.39 is 0 Å². The van der Waals surface area contributed by atoms with Gasteiger partial charge in [-0.05, 0) is 6.92 Å². The van der Waals surface area contributed by atoms with Crippen molar-refractivity contribution in [3.05, 3.63) is 5.21 Å². The molecular weight excluding hydrogens is 94.0 g/mol. The summed E-state index contributed by atoms with van der Waals surface area (Å²) < 4.78 is 4.82. The van der Waals surface area contributed by atoms with Gasteiger partial charge in [0.15, 0.2) is 6.23 Å². The van der Waals surface area contributed by atoms with Gasteiger partial charge in [0.2, 0.25) is 0 Å². The normalized spacial score (nSPS) is 14.1. The number of hydroxylamine groups is 1. The molecule has 0 aliphatic carbocycles. The first kappa shape index (κ1) is 6.88. The Bertz CT molecular complexity index is 40.7. The maximum Gasteiger partial charge on any atom is 0.186 e. The third kappa shape index (κ3) is 3.72. The molecule has 2 N–H and O–H groups in total. The first-order chi connectivity index (χ1) is 3.31. The number of hydrogen-bond acceptors (Lipinski definition) is 2. The molecule has 0 radical (unpaired) electrons. The molecule has 0 spiro atoms. The number of quaternary nitrogens is 1. The fraction of sp³-hybridized carbons (Fsp3) is 1.00. The number of hydrogen-bond donors (Lipinski definition) is 1. The Labute approximate surface area is 43.2 Å². The highest BCUT2D eigenvalue weighted by Crippen LogP contribution is 1.73. The molecule has 3 nitrogen and oxygen atoms in total. The molecule has 0 aromatic rings. The lowest BCUT2D eigenvalue weighted by Gasteiger charge is -2.10. The van der Waals surface area contributed by atoms with Gasteiger partial charge in [-0.1, -0.05) is 0 Å². The van der Waals surface area contributed by atoms with E-state index in [0.717, 1.165) is 5.48 Å². The van der Waals surface area contributed by atoms with E-state index in [0.29, 0.717) is 6.61 Å². The maximum atomic E-state index is 9.77. The summed E-state index contributed by atoms with van der Waals surface area (Å²) in [5, 5.41) is 9.77. The zero-order valence-corrected chi connectivity index (χ0v) is 4.68. The lowest BCUT2D eigenvalue weighted by Crippen LogP contribution is -2.83. The summed E-state index contributed by atoms with van der Waals surface area (Å²) in [5.74, 6) is 0. The lowest BCUT2D eigenvalue weighted by molar-refractivity contribution is -0.667. The first-order valence-electron chi connectivity index (χ1n) is 2.38. The molecule has 0 bridgehead atoms. The average molecular weight is 105 g/mol. The Kier molecular flexibility index (Phi) is 3.98. The second kappa shape index (κ2) is 4.05. The quantitative estimate of drug-likeness (QED) is 0.386. The number of ether oxygens (including phenoxy) is 1. The van der Waals surface area contributed by atoms with Crippen molar-refractivity contribution in [2.75, 3.05) is 6.61 Å². The van der Waals surface area contributed by atoms with E-state index in [2.05, 4.69) is 0 Å². The van der Waals surface area contributed by atoms with Crippen LogP contribution in [-0.4, -0.2) is 12.8 Å². The van der Waals surface area contributed by atoms with Gasteiger partial charge >= 0.3 is 0 Å².